The van der Waals surface area contributed by atoms with Crippen molar-refractivity contribution in [3.8, 4) is 0 Å². The topological polar surface area (TPSA) is 43.1 Å². The first-order valence-electron chi connectivity index (χ1n) is 2.90. The summed E-state index contributed by atoms with van der Waals surface area (Å²) in [6.45, 7) is 0. The van der Waals surface area contributed by atoms with Gasteiger partial charge in [0.05, 0.1) is 0 Å². The van der Waals surface area contributed by atoms with Crippen molar-refractivity contribution in [1.29, 1.82) is 0 Å². The van der Waals surface area contributed by atoms with Crippen LogP contribution in [-0.4, -0.2) is 5.12 Å². The lowest BCUT2D eigenvalue weighted by Gasteiger charge is -1.94. The Balaban J connectivity index is 2.96. The SMILES string of the molecule is NSC(=O)c1cccc(F)c1. The van der Waals surface area contributed by atoms with E-state index in [-0.39, 0.29) is 10.7 Å². The van der Waals surface area contributed by atoms with E-state index >= 15 is 0 Å². The van der Waals surface area contributed by atoms with Crippen molar-refractivity contribution < 1.29 is 9.18 Å². The predicted molar refractivity (Wildman–Crippen MR) is 42.5 cm³/mol. The van der Waals surface area contributed by atoms with Crippen LogP contribution in [-0.2, 0) is 0 Å². The molecule has 0 unspecified atom stereocenters. The van der Waals surface area contributed by atoms with E-state index < -0.39 is 5.82 Å². The number of nitrogens with two attached hydrogens (primary N) is 1. The highest BCUT2D eigenvalue weighted by Crippen LogP contribution is 2.08. The largest absolute Gasteiger partial charge is 0.280 e. The fourth-order valence-electron chi connectivity index (χ4n) is 0.683. The molecule has 0 saturated heterocycles. The van der Waals surface area contributed by atoms with Crippen LogP contribution in [0.1, 0.15) is 10.4 Å². The Morgan fingerprint density at radius 3 is 2.82 bits per heavy atom. The lowest BCUT2D eigenvalue weighted by Crippen LogP contribution is -1.97. The van der Waals surface area contributed by atoms with E-state index in [1.165, 1.54) is 18.2 Å². The number of carbonyl (C=O) groups is 1. The molecule has 0 heterocycles. The monoisotopic (exact) mass is 171 g/mol. The molecule has 0 amide bonds. The molecular formula is C7H6FNOS. The van der Waals surface area contributed by atoms with Gasteiger partial charge in [-0.3, -0.25) is 9.93 Å². The maximum atomic E-state index is 12.5. The summed E-state index contributed by atoms with van der Waals surface area (Å²) in [5.41, 5.74) is 0.289. The standard InChI is InChI=1S/C7H6FNOS/c8-6-3-1-2-5(4-6)7(10)11-9/h1-4H,9H2. The van der Waals surface area contributed by atoms with Crippen LogP contribution < -0.4 is 5.14 Å². The molecule has 4 heteroatoms. The molecule has 58 valence electrons. The fraction of sp³-hybridized carbons (Fsp3) is 0. The summed E-state index contributed by atoms with van der Waals surface area (Å²) in [5, 5.41) is 4.67. The molecule has 2 nitrogen and oxygen atoms in total. The highest BCUT2D eigenvalue weighted by Gasteiger charge is 2.03. The zero-order valence-electron chi connectivity index (χ0n) is 5.58. The van der Waals surface area contributed by atoms with Gasteiger partial charge in [-0.25, -0.2) is 4.39 Å². The van der Waals surface area contributed by atoms with Crippen molar-refractivity contribution >= 4 is 17.1 Å². The van der Waals surface area contributed by atoms with Crippen molar-refractivity contribution in [2.75, 3.05) is 0 Å². The number of rotatable bonds is 1. The third kappa shape index (κ3) is 2.03. The Kier molecular flexibility index (Phi) is 2.62. The summed E-state index contributed by atoms with van der Waals surface area (Å²) >= 11 is 0.581. The molecule has 0 spiro atoms. The molecule has 0 aromatic heterocycles. The minimum Gasteiger partial charge on any atom is -0.280 e. The van der Waals surface area contributed by atoms with Gasteiger partial charge in [0.1, 0.15) is 5.82 Å². The Hall–Kier alpha value is -0.870. The van der Waals surface area contributed by atoms with Crippen molar-refractivity contribution in [3.05, 3.63) is 35.6 Å². The number of hydrogen-bond acceptors (Lipinski definition) is 3. The smallest absolute Gasteiger partial charge is 0.234 e. The molecule has 1 aromatic rings. The zero-order valence-corrected chi connectivity index (χ0v) is 6.40. The summed E-state index contributed by atoms with van der Waals surface area (Å²) < 4.78 is 12.5. The number of carbonyl (C=O) groups excluding carboxylic acids is 1. The molecule has 0 fully saturated rings. The van der Waals surface area contributed by atoms with Gasteiger partial charge >= 0.3 is 0 Å². The average Bonchev–Trinajstić information content (AvgIpc) is 2.03. The van der Waals surface area contributed by atoms with Crippen LogP contribution in [0.4, 0.5) is 4.39 Å². The minimum atomic E-state index is -0.426. The van der Waals surface area contributed by atoms with E-state index in [0.29, 0.717) is 11.9 Å². The predicted octanol–water partition coefficient (Wildman–Crippen LogP) is 1.57. The van der Waals surface area contributed by atoms with Crippen molar-refractivity contribution in [2.45, 2.75) is 0 Å². The van der Waals surface area contributed by atoms with Gasteiger partial charge in [-0.1, -0.05) is 12.1 Å². The van der Waals surface area contributed by atoms with Gasteiger partial charge < -0.3 is 0 Å². The Labute approximate surface area is 67.7 Å². The fourth-order valence-corrected chi connectivity index (χ4v) is 0.947. The van der Waals surface area contributed by atoms with Crippen molar-refractivity contribution in [2.24, 2.45) is 5.14 Å². The van der Waals surface area contributed by atoms with Crippen LogP contribution in [0.2, 0.25) is 0 Å². The zero-order chi connectivity index (χ0) is 8.27. The summed E-state index contributed by atoms with van der Waals surface area (Å²) in [6.07, 6.45) is 0. The van der Waals surface area contributed by atoms with E-state index in [0.717, 1.165) is 6.07 Å². The molecule has 2 N–H and O–H groups in total. The lowest BCUT2D eigenvalue weighted by atomic mass is 10.2. The first-order chi connectivity index (χ1) is 5.24. The van der Waals surface area contributed by atoms with Crippen LogP contribution in [0.15, 0.2) is 24.3 Å². The van der Waals surface area contributed by atoms with Gasteiger partial charge in [0.25, 0.3) is 0 Å². The van der Waals surface area contributed by atoms with Crippen molar-refractivity contribution in [3.63, 3.8) is 0 Å². The third-order valence-corrected chi connectivity index (χ3v) is 1.62. The maximum Gasteiger partial charge on any atom is 0.234 e. The van der Waals surface area contributed by atoms with E-state index in [4.69, 9.17) is 5.14 Å². The summed E-state index contributed by atoms with van der Waals surface area (Å²) in [5.74, 6) is -0.426. The van der Waals surface area contributed by atoms with E-state index in [2.05, 4.69) is 0 Å². The lowest BCUT2D eigenvalue weighted by molar-refractivity contribution is 0.108. The van der Waals surface area contributed by atoms with E-state index in [1.54, 1.807) is 0 Å². The molecule has 0 atom stereocenters. The van der Waals surface area contributed by atoms with Crippen LogP contribution in [0, 0.1) is 5.82 Å². The van der Waals surface area contributed by atoms with Crippen LogP contribution in [0.3, 0.4) is 0 Å². The second-order valence-electron chi connectivity index (χ2n) is 1.92. The van der Waals surface area contributed by atoms with Gasteiger partial charge in [0.2, 0.25) is 5.12 Å². The number of halogens is 1. The highest BCUT2D eigenvalue weighted by molar-refractivity contribution is 8.12. The van der Waals surface area contributed by atoms with Gasteiger partial charge in [0.15, 0.2) is 0 Å². The van der Waals surface area contributed by atoms with E-state index in [1.807, 2.05) is 0 Å². The maximum absolute atomic E-state index is 12.5. The molecule has 0 aliphatic heterocycles. The van der Waals surface area contributed by atoms with Gasteiger partial charge in [-0.15, -0.1) is 0 Å². The average molecular weight is 171 g/mol. The molecule has 1 rings (SSSR count). The summed E-state index contributed by atoms with van der Waals surface area (Å²) in [6, 6.07) is 5.42. The van der Waals surface area contributed by atoms with Gasteiger partial charge in [0, 0.05) is 5.56 Å². The summed E-state index contributed by atoms with van der Waals surface area (Å²) in [4.78, 5) is 10.8. The molecule has 0 saturated carbocycles. The molecule has 0 radical (unpaired) electrons. The molecule has 11 heavy (non-hydrogen) atoms. The normalized spacial score (nSPS) is 9.64. The third-order valence-electron chi connectivity index (χ3n) is 1.17. The van der Waals surface area contributed by atoms with E-state index in [9.17, 15) is 9.18 Å². The highest BCUT2D eigenvalue weighted by atomic mass is 32.2. The quantitative estimate of drug-likeness (QED) is 0.652. The minimum absolute atomic E-state index is 0.289. The molecule has 1 aromatic carbocycles. The summed E-state index contributed by atoms with van der Waals surface area (Å²) in [7, 11) is 0. The first kappa shape index (κ1) is 8.23. The van der Waals surface area contributed by atoms with Crippen LogP contribution in [0.5, 0.6) is 0 Å². The van der Waals surface area contributed by atoms with Gasteiger partial charge in [-0.05, 0) is 24.1 Å². The first-order valence-corrected chi connectivity index (χ1v) is 3.78. The molecule has 0 bridgehead atoms. The van der Waals surface area contributed by atoms with Crippen LogP contribution >= 0.6 is 11.9 Å². The Morgan fingerprint density at radius 2 is 2.27 bits per heavy atom. The molecule has 0 aliphatic carbocycles. The second-order valence-corrected chi connectivity index (χ2v) is 2.52. The van der Waals surface area contributed by atoms with Crippen LogP contribution in [0.25, 0.3) is 0 Å². The number of benzene rings is 1. The van der Waals surface area contributed by atoms with Gasteiger partial charge in [-0.2, -0.15) is 0 Å². The van der Waals surface area contributed by atoms with Crippen molar-refractivity contribution in [1.82, 2.24) is 0 Å². The molecule has 0 aliphatic rings. The molecular weight excluding hydrogens is 165 g/mol. The Bertz CT molecular complexity index is 277. The number of hydrogen-bond donors (Lipinski definition) is 1. The second kappa shape index (κ2) is 3.50. The Morgan fingerprint density at radius 1 is 1.55 bits per heavy atom.